The second-order valence-electron chi connectivity index (χ2n) is 3.54. The van der Waals surface area contributed by atoms with Crippen molar-refractivity contribution in [1.82, 2.24) is 19.9 Å². The Labute approximate surface area is 83.1 Å². The van der Waals surface area contributed by atoms with Gasteiger partial charge in [0, 0.05) is 13.1 Å². The normalized spacial score (nSPS) is 19.5. The quantitative estimate of drug-likeness (QED) is 0.679. The number of aromatic nitrogens is 3. The van der Waals surface area contributed by atoms with Crippen molar-refractivity contribution in [3.63, 3.8) is 0 Å². The van der Waals surface area contributed by atoms with E-state index < -0.39 is 0 Å². The van der Waals surface area contributed by atoms with E-state index in [0.717, 1.165) is 25.9 Å². The third kappa shape index (κ3) is 2.38. The van der Waals surface area contributed by atoms with Gasteiger partial charge in [-0.2, -0.15) is 9.97 Å². The predicted molar refractivity (Wildman–Crippen MR) is 51.0 cm³/mol. The Kier molecular flexibility index (Phi) is 2.88. The summed E-state index contributed by atoms with van der Waals surface area (Å²) in [6.07, 6.45) is 5.26. The SMILES string of the molecule is CN1CCC(Oc2ncncn2)CC1. The van der Waals surface area contributed by atoms with Gasteiger partial charge >= 0.3 is 6.01 Å². The zero-order valence-corrected chi connectivity index (χ0v) is 8.26. The maximum absolute atomic E-state index is 5.61. The van der Waals surface area contributed by atoms with E-state index in [0.29, 0.717) is 6.01 Å². The second kappa shape index (κ2) is 4.32. The Balaban J connectivity index is 1.87. The van der Waals surface area contributed by atoms with E-state index in [1.165, 1.54) is 12.7 Å². The molecule has 5 heteroatoms. The highest BCUT2D eigenvalue weighted by molar-refractivity contribution is 4.89. The van der Waals surface area contributed by atoms with E-state index in [-0.39, 0.29) is 6.10 Å². The average molecular weight is 194 g/mol. The van der Waals surface area contributed by atoms with E-state index in [2.05, 4.69) is 26.9 Å². The zero-order valence-electron chi connectivity index (χ0n) is 8.26. The van der Waals surface area contributed by atoms with Crippen LogP contribution in [0.15, 0.2) is 12.7 Å². The van der Waals surface area contributed by atoms with Gasteiger partial charge in [-0.15, -0.1) is 0 Å². The molecule has 0 amide bonds. The number of likely N-dealkylation sites (tertiary alicyclic amines) is 1. The van der Waals surface area contributed by atoms with Crippen LogP contribution >= 0.6 is 0 Å². The standard InChI is InChI=1S/C9H14N4O/c1-13-4-2-8(3-5-13)14-9-11-6-10-7-12-9/h6-8H,2-5H2,1H3. The molecule has 2 rings (SSSR count). The third-order valence-electron chi connectivity index (χ3n) is 2.41. The molecular weight excluding hydrogens is 180 g/mol. The van der Waals surface area contributed by atoms with Gasteiger partial charge in [-0.1, -0.05) is 0 Å². The van der Waals surface area contributed by atoms with Gasteiger partial charge in [-0.3, -0.25) is 0 Å². The molecule has 0 atom stereocenters. The minimum absolute atomic E-state index is 0.258. The minimum Gasteiger partial charge on any atom is -0.460 e. The maximum atomic E-state index is 5.61. The van der Waals surface area contributed by atoms with E-state index in [4.69, 9.17) is 4.74 Å². The molecule has 0 radical (unpaired) electrons. The van der Waals surface area contributed by atoms with Crippen LogP contribution in [0, 0.1) is 0 Å². The van der Waals surface area contributed by atoms with Crippen molar-refractivity contribution in [2.45, 2.75) is 18.9 Å². The summed E-state index contributed by atoms with van der Waals surface area (Å²) in [7, 11) is 2.12. The molecule has 0 unspecified atom stereocenters. The largest absolute Gasteiger partial charge is 0.460 e. The lowest BCUT2D eigenvalue weighted by molar-refractivity contribution is 0.105. The van der Waals surface area contributed by atoms with Gasteiger partial charge in [-0.05, 0) is 19.9 Å². The molecule has 0 N–H and O–H groups in total. The summed E-state index contributed by atoms with van der Waals surface area (Å²) < 4.78 is 5.61. The van der Waals surface area contributed by atoms with Crippen LogP contribution in [-0.4, -0.2) is 46.1 Å². The molecule has 1 saturated heterocycles. The van der Waals surface area contributed by atoms with Crippen molar-refractivity contribution >= 4 is 0 Å². The number of nitrogens with zero attached hydrogens (tertiary/aromatic N) is 4. The first-order valence-corrected chi connectivity index (χ1v) is 4.82. The molecule has 1 aliphatic rings. The van der Waals surface area contributed by atoms with Crippen molar-refractivity contribution in [1.29, 1.82) is 0 Å². The summed E-state index contributed by atoms with van der Waals surface area (Å²) in [5.74, 6) is 0. The van der Waals surface area contributed by atoms with Crippen LogP contribution in [0.5, 0.6) is 6.01 Å². The molecule has 0 aromatic carbocycles. The summed E-state index contributed by atoms with van der Waals surface area (Å²) in [5, 5.41) is 0. The first-order chi connectivity index (χ1) is 6.84. The van der Waals surface area contributed by atoms with Crippen LogP contribution in [0.1, 0.15) is 12.8 Å². The molecule has 1 aromatic heterocycles. The number of ether oxygens (including phenoxy) is 1. The van der Waals surface area contributed by atoms with Gasteiger partial charge in [0.15, 0.2) is 0 Å². The van der Waals surface area contributed by atoms with Crippen LogP contribution in [-0.2, 0) is 0 Å². The highest BCUT2D eigenvalue weighted by Gasteiger charge is 2.18. The predicted octanol–water partition coefficient (Wildman–Crippen LogP) is 0.345. The number of hydrogen-bond acceptors (Lipinski definition) is 5. The summed E-state index contributed by atoms with van der Waals surface area (Å²) >= 11 is 0. The van der Waals surface area contributed by atoms with E-state index in [1.54, 1.807) is 0 Å². The van der Waals surface area contributed by atoms with Crippen LogP contribution in [0.25, 0.3) is 0 Å². The number of rotatable bonds is 2. The van der Waals surface area contributed by atoms with Crippen molar-refractivity contribution in [2.75, 3.05) is 20.1 Å². The maximum Gasteiger partial charge on any atom is 0.319 e. The summed E-state index contributed by atoms with van der Waals surface area (Å²) in [5.41, 5.74) is 0. The molecule has 0 bridgehead atoms. The van der Waals surface area contributed by atoms with Gasteiger partial charge in [0.1, 0.15) is 18.8 Å². The summed E-state index contributed by atoms with van der Waals surface area (Å²) in [6.45, 7) is 2.16. The Hall–Kier alpha value is -1.23. The molecule has 2 heterocycles. The first kappa shape index (κ1) is 9.33. The van der Waals surface area contributed by atoms with Crippen molar-refractivity contribution in [3.05, 3.63) is 12.7 Å². The lowest BCUT2D eigenvalue weighted by Crippen LogP contribution is -2.35. The Bertz CT molecular complexity index is 271. The minimum atomic E-state index is 0.258. The topological polar surface area (TPSA) is 51.1 Å². The summed E-state index contributed by atoms with van der Waals surface area (Å²) in [4.78, 5) is 13.9. The van der Waals surface area contributed by atoms with Gasteiger partial charge in [0.25, 0.3) is 0 Å². The van der Waals surface area contributed by atoms with Crippen molar-refractivity contribution < 1.29 is 4.74 Å². The fourth-order valence-electron chi connectivity index (χ4n) is 1.54. The van der Waals surface area contributed by atoms with Crippen LogP contribution in [0.3, 0.4) is 0 Å². The van der Waals surface area contributed by atoms with Crippen LogP contribution in [0.4, 0.5) is 0 Å². The van der Waals surface area contributed by atoms with Gasteiger partial charge in [0.2, 0.25) is 0 Å². The molecule has 1 fully saturated rings. The molecule has 76 valence electrons. The van der Waals surface area contributed by atoms with E-state index in [9.17, 15) is 0 Å². The molecule has 5 nitrogen and oxygen atoms in total. The smallest absolute Gasteiger partial charge is 0.319 e. The molecule has 0 spiro atoms. The van der Waals surface area contributed by atoms with Crippen LogP contribution < -0.4 is 4.74 Å². The molecule has 0 aliphatic carbocycles. The Morgan fingerprint density at radius 1 is 1.29 bits per heavy atom. The number of hydrogen-bond donors (Lipinski definition) is 0. The van der Waals surface area contributed by atoms with Crippen LogP contribution in [0.2, 0.25) is 0 Å². The highest BCUT2D eigenvalue weighted by atomic mass is 16.5. The first-order valence-electron chi connectivity index (χ1n) is 4.82. The summed E-state index contributed by atoms with van der Waals surface area (Å²) in [6, 6.07) is 0.439. The molecule has 1 aromatic rings. The van der Waals surface area contributed by atoms with Gasteiger partial charge in [-0.25, -0.2) is 4.98 Å². The molecule has 1 aliphatic heterocycles. The van der Waals surface area contributed by atoms with Crippen molar-refractivity contribution in [3.8, 4) is 6.01 Å². The van der Waals surface area contributed by atoms with Gasteiger partial charge < -0.3 is 9.64 Å². The lowest BCUT2D eigenvalue weighted by Gasteiger charge is -2.28. The van der Waals surface area contributed by atoms with E-state index >= 15 is 0 Å². The lowest BCUT2D eigenvalue weighted by atomic mass is 10.1. The fraction of sp³-hybridized carbons (Fsp3) is 0.667. The van der Waals surface area contributed by atoms with Crippen molar-refractivity contribution in [2.24, 2.45) is 0 Å². The molecule has 0 saturated carbocycles. The third-order valence-corrected chi connectivity index (χ3v) is 2.41. The number of piperidine rings is 1. The molecule has 14 heavy (non-hydrogen) atoms. The second-order valence-corrected chi connectivity index (χ2v) is 3.54. The van der Waals surface area contributed by atoms with E-state index in [1.807, 2.05) is 0 Å². The van der Waals surface area contributed by atoms with Gasteiger partial charge in [0.05, 0.1) is 0 Å². The average Bonchev–Trinajstić information content (AvgIpc) is 2.23. The zero-order chi connectivity index (χ0) is 9.80. The monoisotopic (exact) mass is 194 g/mol. The Morgan fingerprint density at radius 2 is 1.93 bits per heavy atom. The fourth-order valence-corrected chi connectivity index (χ4v) is 1.54. The Morgan fingerprint density at radius 3 is 2.57 bits per heavy atom. The highest BCUT2D eigenvalue weighted by Crippen LogP contribution is 2.13. The molecular formula is C9H14N4O.